The zero-order valence-electron chi connectivity index (χ0n) is 10.1. The standard InChI is InChI=1S/C15H12N4/c16-12-6-3-5-10-14(18-19-15(10)12)11-8-17-13-7-2-1-4-9(11)13/h1-8,17H,16H2,(H,18,19). The van der Waals surface area contributed by atoms with Crippen LogP contribution in [-0.2, 0) is 0 Å². The smallest absolute Gasteiger partial charge is 0.102 e. The normalized spacial score (nSPS) is 11.4. The minimum Gasteiger partial charge on any atom is -0.397 e. The van der Waals surface area contributed by atoms with Crippen molar-refractivity contribution in [2.24, 2.45) is 0 Å². The number of rotatable bonds is 1. The van der Waals surface area contributed by atoms with Crippen LogP contribution in [0.5, 0.6) is 0 Å². The number of anilines is 1. The summed E-state index contributed by atoms with van der Waals surface area (Å²) >= 11 is 0. The van der Waals surface area contributed by atoms with Crippen LogP contribution >= 0.6 is 0 Å². The predicted molar refractivity (Wildman–Crippen MR) is 77.8 cm³/mol. The quantitative estimate of drug-likeness (QED) is 0.452. The fourth-order valence-electron chi connectivity index (χ4n) is 2.54. The first-order valence-electron chi connectivity index (χ1n) is 6.13. The molecule has 0 bridgehead atoms. The molecule has 0 aliphatic heterocycles. The molecule has 0 atom stereocenters. The van der Waals surface area contributed by atoms with Crippen LogP contribution in [0, 0.1) is 0 Å². The molecule has 19 heavy (non-hydrogen) atoms. The number of aromatic amines is 2. The summed E-state index contributed by atoms with van der Waals surface area (Å²) in [6.07, 6.45) is 1.99. The van der Waals surface area contributed by atoms with Crippen LogP contribution in [-0.4, -0.2) is 15.2 Å². The van der Waals surface area contributed by atoms with Crippen LogP contribution in [0.25, 0.3) is 33.1 Å². The van der Waals surface area contributed by atoms with E-state index < -0.39 is 0 Å². The van der Waals surface area contributed by atoms with Crippen molar-refractivity contribution in [2.45, 2.75) is 0 Å². The molecule has 0 aliphatic carbocycles. The molecule has 0 unspecified atom stereocenters. The molecule has 4 aromatic rings. The number of nitrogens with one attached hydrogen (secondary N) is 2. The number of benzene rings is 2. The Balaban J connectivity index is 2.07. The van der Waals surface area contributed by atoms with E-state index in [1.807, 2.05) is 36.5 Å². The first-order valence-corrected chi connectivity index (χ1v) is 6.13. The molecule has 92 valence electrons. The molecular formula is C15H12N4. The van der Waals surface area contributed by atoms with E-state index in [0.29, 0.717) is 0 Å². The Bertz CT molecular complexity index is 885. The van der Waals surface area contributed by atoms with Gasteiger partial charge in [-0.2, -0.15) is 5.10 Å². The number of H-pyrrole nitrogens is 2. The van der Waals surface area contributed by atoms with Crippen LogP contribution in [0.4, 0.5) is 5.69 Å². The first-order chi connectivity index (χ1) is 9.34. The van der Waals surface area contributed by atoms with Crippen molar-refractivity contribution in [3.8, 4) is 11.3 Å². The van der Waals surface area contributed by atoms with Gasteiger partial charge in [0.15, 0.2) is 0 Å². The van der Waals surface area contributed by atoms with Gasteiger partial charge in [0.1, 0.15) is 5.69 Å². The Morgan fingerprint density at radius 3 is 2.74 bits per heavy atom. The van der Waals surface area contributed by atoms with Crippen LogP contribution in [0.15, 0.2) is 48.7 Å². The molecule has 0 saturated heterocycles. The third-order valence-corrected chi connectivity index (χ3v) is 3.48. The van der Waals surface area contributed by atoms with Crippen molar-refractivity contribution in [2.75, 3.05) is 5.73 Å². The Hall–Kier alpha value is -2.75. The van der Waals surface area contributed by atoms with Gasteiger partial charge in [-0.15, -0.1) is 0 Å². The van der Waals surface area contributed by atoms with E-state index in [1.165, 1.54) is 5.39 Å². The number of nitrogens with zero attached hydrogens (tertiary/aromatic N) is 1. The largest absolute Gasteiger partial charge is 0.397 e. The van der Waals surface area contributed by atoms with Gasteiger partial charge in [-0.05, 0) is 12.1 Å². The molecule has 0 fully saturated rings. The summed E-state index contributed by atoms with van der Waals surface area (Å²) in [6.45, 7) is 0. The van der Waals surface area contributed by atoms with Crippen molar-refractivity contribution >= 4 is 27.5 Å². The summed E-state index contributed by atoms with van der Waals surface area (Å²) < 4.78 is 0. The van der Waals surface area contributed by atoms with Gasteiger partial charge in [0, 0.05) is 28.0 Å². The van der Waals surface area contributed by atoms with E-state index in [-0.39, 0.29) is 0 Å². The molecule has 2 aromatic heterocycles. The second-order valence-corrected chi connectivity index (χ2v) is 4.59. The second kappa shape index (κ2) is 3.62. The summed E-state index contributed by atoms with van der Waals surface area (Å²) in [5, 5.41) is 9.66. The van der Waals surface area contributed by atoms with Crippen LogP contribution in [0.3, 0.4) is 0 Å². The van der Waals surface area contributed by atoms with Gasteiger partial charge in [0.05, 0.1) is 11.2 Å². The Labute approximate surface area is 109 Å². The molecule has 4 N–H and O–H groups in total. The molecule has 0 aliphatic rings. The van der Waals surface area contributed by atoms with Crippen molar-refractivity contribution in [3.63, 3.8) is 0 Å². The maximum Gasteiger partial charge on any atom is 0.102 e. The Kier molecular flexibility index (Phi) is 1.94. The monoisotopic (exact) mass is 248 g/mol. The molecule has 4 nitrogen and oxygen atoms in total. The lowest BCUT2D eigenvalue weighted by Gasteiger charge is -1.97. The lowest BCUT2D eigenvalue weighted by Crippen LogP contribution is -1.84. The van der Waals surface area contributed by atoms with E-state index in [1.54, 1.807) is 0 Å². The van der Waals surface area contributed by atoms with E-state index in [2.05, 4.69) is 27.3 Å². The van der Waals surface area contributed by atoms with Crippen LogP contribution in [0.2, 0.25) is 0 Å². The molecule has 2 aromatic carbocycles. The number of aromatic nitrogens is 3. The summed E-state index contributed by atoms with van der Waals surface area (Å²) in [5.41, 5.74) is 10.7. The maximum absolute atomic E-state index is 5.96. The number of para-hydroxylation sites is 2. The lowest BCUT2D eigenvalue weighted by atomic mass is 10.1. The average molecular weight is 248 g/mol. The molecule has 0 radical (unpaired) electrons. The zero-order chi connectivity index (χ0) is 12.8. The predicted octanol–water partition coefficient (Wildman–Crippen LogP) is 3.29. The summed E-state index contributed by atoms with van der Waals surface area (Å²) in [5.74, 6) is 0. The number of hydrogen-bond donors (Lipinski definition) is 3. The molecule has 4 rings (SSSR count). The van der Waals surface area contributed by atoms with E-state index in [9.17, 15) is 0 Å². The fourth-order valence-corrected chi connectivity index (χ4v) is 2.54. The summed E-state index contributed by atoms with van der Waals surface area (Å²) in [7, 11) is 0. The Morgan fingerprint density at radius 2 is 1.79 bits per heavy atom. The van der Waals surface area contributed by atoms with Gasteiger partial charge >= 0.3 is 0 Å². The third kappa shape index (κ3) is 1.37. The van der Waals surface area contributed by atoms with Crippen molar-refractivity contribution < 1.29 is 0 Å². The third-order valence-electron chi connectivity index (χ3n) is 3.48. The lowest BCUT2D eigenvalue weighted by molar-refractivity contribution is 1.13. The molecule has 2 heterocycles. The highest BCUT2D eigenvalue weighted by atomic mass is 15.1. The highest BCUT2D eigenvalue weighted by Crippen LogP contribution is 2.33. The van der Waals surface area contributed by atoms with Gasteiger partial charge in [-0.1, -0.05) is 30.3 Å². The number of nitrogen functional groups attached to an aromatic ring is 1. The van der Waals surface area contributed by atoms with Crippen LogP contribution < -0.4 is 5.73 Å². The van der Waals surface area contributed by atoms with Gasteiger partial charge in [0.25, 0.3) is 0 Å². The summed E-state index contributed by atoms with van der Waals surface area (Å²) in [4.78, 5) is 3.27. The SMILES string of the molecule is Nc1cccc2c(-c3c[nH]c4ccccc34)n[nH]c12. The topological polar surface area (TPSA) is 70.5 Å². The van der Waals surface area contributed by atoms with Gasteiger partial charge in [0.2, 0.25) is 0 Å². The van der Waals surface area contributed by atoms with Gasteiger partial charge in [-0.25, -0.2) is 0 Å². The van der Waals surface area contributed by atoms with E-state index >= 15 is 0 Å². The minimum atomic E-state index is 0.719. The number of fused-ring (bicyclic) bond motifs is 2. The van der Waals surface area contributed by atoms with Crippen molar-refractivity contribution in [1.82, 2.24) is 15.2 Å². The maximum atomic E-state index is 5.96. The van der Waals surface area contributed by atoms with E-state index in [0.717, 1.165) is 33.4 Å². The van der Waals surface area contributed by atoms with E-state index in [4.69, 9.17) is 5.73 Å². The fraction of sp³-hybridized carbons (Fsp3) is 0. The van der Waals surface area contributed by atoms with Crippen LogP contribution in [0.1, 0.15) is 0 Å². The van der Waals surface area contributed by atoms with Crippen molar-refractivity contribution in [1.29, 1.82) is 0 Å². The number of nitrogens with two attached hydrogens (primary N) is 1. The molecule has 0 amide bonds. The molecule has 0 saturated carbocycles. The minimum absolute atomic E-state index is 0.719. The highest BCUT2D eigenvalue weighted by Gasteiger charge is 2.13. The molecule has 4 heteroatoms. The highest BCUT2D eigenvalue weighted by molar-refractivity contribution is 6.05. The molecule has 0 spiro atoms. The first kappa shape index (κ1) is 10.2. The zero-order valence-corrected chi connectivity index (χ0v) is 10.1. The number of hydrogen-bond acceptors (Lipinski definition) is 2. The summed E-state index contributed by atoms with van der Waals surface area (Å²) in [6, 6.07) is 14.1. The van der Waals surface area contributed by atoms with Gasteiger partial charge in [-0.3, -0.25) is 5.10 Å². The average Bonchev–Trinajstić information content (AvgIpc) is 3.02. The van der Waals surface area contributed by atoms with Gasteiger partial charge < -0.3 is 10.7 Å². The molecular weight excluding hydrogens is 236 g/mol. The van der Waals surface area contributed by atoms with Crippen molar-refractivity contribution in [3.05, 3.63) is 48.7 Å². The second-order valence-electron chi connectivity index (χ2n) is 4.59. The Morgan fingerprint density at radius 1 is 0.947 bits per heavy atom.